The lowest BCUT2D eigenvalue weighted by Crippen LogP contribution is -2.52. The van der Waals surface area contributed by atoms with Gasteiger partial charge in [-0.15, -0.1) is 0 Å². The molecule has 0 atom stereocenters. The van der Waals surface area contributed by atoms with Gasteiger partial charge in [0.05, 0.1) is 11.8 Å². The quantitative estimate of drug-likeness (QED) is 0.662. The Labute approximate surface area is 182 Å². The van der Waals surface area contributed by atoms with E-state index in [0.29, 0.717) is 18.2 Å². The predicted octanol–water partition coefficient (Wildman–Crippen LogP) is 2.11. The summed E-state index contributed by atoms with van der Waals surface area (Å²) in [6.07, 6.45) is 12.0. The normalized spacial score (nSPS) is 25.9. The van der Waals surface area contributed by atoms with Crippen LogP contribution >= 0.6 is 0 Å². The van der Waals surface area contributed by atoms with Crippen LogP contribution in [0.15, 0.2) is 12.3 Å². The van der Waals surface area contributed by atoms with Crippen LogP contribution < -0.4 is 15.4 Å². The molecule has 31 heavy (non-hydrogen) atoms. The fraction of sp³-hybridized carbons (Fsp3) is 0.667. The number of carbonyl (C=O) groups is 1. The van der Waals surface area contributed by atoms with Crippen molar-refractivity contribution in [1.29, 1.82) is 0 Å². The van der Waals surface area contributed by atoms with Gasteiger partial charge >= 0.3 is 0 Å². The molecule has 5 rings (SSSR count). The first-order valence-electron chi connectivity index (χ1n) is 11.2. The predicted molar refractivity (Wildman–Crippen MR) is 119 cm³/mol. The molecule has 168 valence electrons. The monoisotopic (exact) mass is 446 g/mol. The number of anilines is 1. The van der Waals surface area contributed by atoms with E-state index in [2.05, 4.69) is 24.9 Å². The van der Waals surface area contributed by atoms with Gasteiger partial charge in [-0.3, -0.25) is 4.79 Å². The summed E-state index contributed by atoms with van der Waals surface area (Å²) in [5.41, 5.74) is 1.42. The first kappa shape index (κ1) is 20.7. The molecule has 0 radical (unpaired) electrons. The Balaban J connectivity index is 1.39. The van der Waals surface area contributed by atoms with E-state index in [4.69, 9.17) is 4.98 Å². The van der Waals surface area contributed by atoms with Crippen molar-refractivity contribution in [3.63, 3.8) is 0 Å². The summed E-state index contributed by atoms with van der Waals surface area (Å²) >= 11 is 0. The largest absolute Gasteiger partial charge is 0.351 e. The zero-order chi connectivity index (χ0) is 21.6. The van der Waals surface area contributed by atoms with Gasteiger partial charge in [-0.2, -0.15) is 4.98 Å². The van der Waals surface area contributed by atoms with Gasteiger partial charge in [0.15, 0.2) is 0 Å². The van der Waals surface area contributed by atoms with Crippen LogP contribution in [-0.2, 0) is 15.6 Å². The van der Waals surface area contributed by atoms with Crippen molar-refractivity contribution in [2.45, 2.75) is 75.4 Å². The Hall–Kier alpha value is -2.20. The number of fused-ring (bicyclic) bond motifs is 4. The number of rotatable bonds is 4. The van der Waals surface area contributed by atoms with Crippen molar-refractivity contribution in [3.8, 4) is 0 Å². The number of carbonyl (C=O) groups excluding carboxylic acids is 1. The van der Waals surface area contributed by atoms with Crippen LogP contribution in [0.2, 0.25) is 0 Å². The fourth-order valence-electron chi connectivity index (χ4n) is 5.57. The SMILES string of the molecule is CS(=O)(=O)NC1CCC(Nc2ncc3cc4n(c3n2)C2(CCCCC2)CNC4=O)CC1. The van der Waals surface area contributed by atoms with E-state index in [0.717, 1.165) is 62.4 Å². The molecular formula is C21H30N6O3S. The Kier molecular flexibility index (Phi) is 5.16. The van der Waals surface area contributed by atoms with Crippen LogP contribution in [0.25, 0.3) is 11.0 Å². The zero-order valence-corrected chi connectivity index (χ0v) is 18.7. The van der Waals surface area contributed by atoms with Crippen molar-refractivity contribution in [2.75, 3.05) is 18.1 Å². The molecule has 9 nitrogen and oxygen atoms in total. The van der Waals surface area contributed by atoms with E-state index in [1.807, 2.05) is 6.07 Å². The maximum Gasteiger partial charge on any atom is 0.268 e. The van der Waals surface area contributed by atoms with Gasteiger partial charge in [-0.25, -0.2) is 18.1 Å². The molecule has 1 spiro atoms. The molecule has 0 bridgehead atoms. The summed E-state index contributed by atoms with van der Waals surface area (Å²) in [4.78, 5) is 21.9. The van der Waals surface area contributed by atoms with Gasteiger partial charge in [0.25, 0.3) is 5.91 Å². The standard InChI is InChI=1S/C21H30N6O3S/c1-31(29,30)26-16-7-5-15(6-8-16)24-20-22-12-14-11-17-19(28)23-13-21(9-3-2-4-10-21)27(17)18(14)25-20/h11-12,15-16,26H,2-10,13H2,1H3,(H,23,28)(H,22,24,25). The minimum atomic E-state index is -3.18. The molecule has 1 amide bonds. The van der Waals surface area contributed by atoms with Gasteiger partial charge in [-0.1, -0.05) is 19.3 Å². The molecule has 2 fully saturated rings. The van der Waals surface area contributed by atoms with Crippen molar-refractivity contribution in [3.05, 3.63) is 18.0 Å². The van der Waals surface area contributed by atoms with Crippen LogP contribution in [0.5, 0.6) is 0 Å². The number of hydrogen-bond donors (Lipinski definition) is 3. The van der Waals surface area contributed by atoms with Crippen molar-refractivity contribution < 1.29 is 13.2 Å². The molecular weight excluding hydrogens is 416 g/mol. The molecule has 0 saturated heterocycles. The molecule has 3 aliphatic rings. The Morgan fingerprint density at radius 3 is 2.55 bits per heavy atom. The maximum absolute atomic E-state index is 12.6. The third kappa shape index (κ3) is 4.03. The maximum atomic E-state index is 12.6. The number of amides is 1. The molecule has 0 aromatic carbocycles. The van der Waals surface area contributed by atoms with Gasteiger partial charge in [0.2, 0.25) is 16.0 Å². The molecule has 1 aliphatic heterocycles. The first-order valence-corrected chi connectivity index (χ1v) is 13.1. The average Bonchev–Trinajstić information content (AvgIpc) is 3.13. The molecule has 3 heterocycles. The van der Waals surface area contributed by atoms with Gasteiger partial charge in [-0.05, 0) is 44.6 Å². The number of nitrogens with one attached hydrogen (secondary N) is 3. The van der Waals surface area contributed by atoms with Crippen molar-refractivity contribution in [2.24, 2.45) is 0 Å². The molecule has 2 aromatic heterocycles. The second-order valence-electron chi connectivity index (χ2n) is 9.39. The second-order valence-corrected chi connectivity index (χ2v) is 11.2. The molecule has 10 heteroatoms. The smallest absolute Gasteiger partial charge is 0.268 e. The fourth-order valence-corrected chi connectivity index (χ4v) is 6.41. The van der Waals surface area contributed by atoms with E-state index >= 15 is 0 Å². The first-order chi connectivity index (χ1) is 14.8. The molecule has 2 aromatic rings. The minimum Gasteiger partial charge on any atom is -0.351 e. The van der Waals surface area contributed by atoms with Gasteiger partial charge in [0, 0.05) is 30.2 Å². The number of hydrogen-bond acceptors (Lipinski definition) is 6. The van der Waals surface area contributed by atoms with Crippen molar-refractivity contribution >= 4 is 32.9 Å². The summed E-state index contributed by atoms with van der Waals surface area (Å²) in [6, 6.07) is 2.11. The highest BCUT2D eigenvalue weighted by Crippen LogP contribution is 2.40. The lowest BCUT2D eigenvalue weighted by molar-refractivity contribution is 0.0833. The molecule has 0 unspecified atom stereocenters. The molecule has 3 N–H and O–H groups in total. The Morgan fingerprint density at radius 2 is 1.84 bits per heavy atom. The van der Waals surface area contributed by atoms with Crippen LogP contribution in [-0.4, -0.2) is 53.7 Å². The van der Waals surface area contributed by atoms with Crippen LogP contribution in [0, 0.1) is 0 Å². The topological polar surface area (TPSA) is 118 Å². The zero-order valence-electron chi connectivity index (χ0n) is 17.9. The van der Waals surface area contributed by atoms with Crippen LogP contribution in [0.1, 0.15) is 68.3 Å². The highest BCUT2D eigenvalue weighted by atomic mass is 32.2. The number of sulfonamides is 1. The van der Waals surface area contributed by atoms with Crippen LogP contribution in [0.4, 0.5) is 5.95 Å². The van der Waals surface area contributed by atoms with E-state index in [9.17, 15) is 13.2 Å². The van der Waals surface area contributed by atoms with Crippen molar-refractivity contribution in [1.82, 2.24) is 24.6 Å². The van der Waals surface area contributed by atoms with E-state index in [1.54, 1.807) is 6.20 Å². The van der Waals surface area contributed by atoms with E-state index in [-0.39, 0.29) is 23.5 Å². The van der Waals surface area contributed by atoms with E-state index in [1.165, 1.54) is 12.7 Å². The highest BCUT2D eigenvalue weighted by molar-refractivity contribution is 7.88. The van der Waals surface area contributed by atoms with Gasteiger partial charge in [0.1, 0.15) is 11.3 Å². The Bertz CT molecular complexity index is 1100. The number of nitrogens with zero attached hydrogens (tertiary/aromatic N) is 3. The highest BCUT2D eigenvalue weighted by Gasteiger charge is 2.41. The summed E-state index contributed by atoms with van der Waals surface area (Å²) in [5.74, 6) is 0.533. The summed E-state index contributed by atoms with van der Waals surface area (Å²) < 4.78 is 27.8. The van der Waals surface area contributed by atoms with Crippen LogP contribution in [0.3, 0.4) is 0 Å². The molecule has 2 aliphatic carbocycles. The molecule has 2 saturated carbocycles. The third-order valence-electron chi connectivity index (χ3n) is 7.05. The number of aromatic nitrogens is 3. The lowest BCUT2D eigenvalue weighted by Gasteiger charge is -2.42. The summed E-state index contributed by atoms with van der Waals surface area (Å²) in [5, 5.41) is 7.42. The summed E-state index contributed by atoms with van der Waals surface area (Å²) in [7, 11) is -3.18. The lowest BCUT2D eigenvalue weighted by atomic mass is 9.80. The summed E-state index contributed by atoms with van der Waals surface area (Å²) in [6.45, 7) is 0.659. The average molecular weight is 447 g/mol. The van der Waals surface area contributed by atoms with E-state index < -0.39 is 10.0 Å². The third-order valence-corrected chi connectivity index (χ3v) is 7.81. The minimum absolute atomic E-state index is 0.00114. The van der Waals surface area contributed by atoms with Gasteiger partial charge < -0.3 is 15.2 Å². The Morgan fingerprint density at radius 1 is 1.13 bits per heavy atom. The second kappa shape index (κ2) is 7.74.